The highest BCUT2D eigenvalue weighted by atomic mass is 16.2. The average molecular weight is 402 g/mol. The van der Waals surface area contributed by atoms with Crippen LogP contribution in [0.3, 0.4) is 0 Å². The number of H-pyrrole nitrogens is 2. The van der Waals surface area contributed by atoms with Crippen molar-refractivity contribution >= 4 is 39.3 Å². The fraction of sp³-hybridized carbons (Fsp3) is 0.174. The molecule has 0 atom stereocenters. The lowest BCUT2D eigenvalue weighted by Gasteiger charge is -2.13. The van der Waals surface area contributed by atoms with Gasteiger partial charge in [0.25, 0.3) is 11.8 Å². The fourth-order valence-electron chi connectivity index (χ4n) is 3.31. The van der Waals surface area contributed by atoms with Crippen molar-refractivity contribution in [3.63, 3.8) is 0 Å². The van der Waals surface area contributed by atoms with Crippen LogP contribution in [0, 0.1) is 5.92 Å². The van der Waals surface area contributed by atoms with E-state index in [-0.39, 0.29) is 16.9 Å². The Morgan fingerprint density at radius 1 is 0.967 bits per heavy atom. The van der Waals surface area contributed by atoms with Crippen molar-refractivity contribution in [3.8, 4) is 0 Å². The summed E-state index contributed by atoms with van der Waals surface area (Å²) >= 11 is 0. The highest BCUT2D eigenvalue weighted by Crippen LogP contribution is 2.24. The second-order valence-electron chi connectivity index (χ2n) is 7.60. The molecule has 0 saturated heterocycles. The number of carbonyl (C=O) groups is 2. The molecule has 30 heavy (non-hydrogen) atoms. The number of rotatable bonds is 5. The number of para-hydroxylation sites is 1. The second kappa shape index (κ2) is 7.87. The van der Waals surface area contributed by atoms with Crippen molar-refractivity contribution in [1.29, 1.82) is 0 Å². The van der Waals surface area contributed by atoms with Crippen LogP contribution < -0.4 is 16.1 Å². The van der Waals surface area contributed by atoms with Gasteiger partial charge in [0.1, 0.15) is 5.56 Å². The molecule has 0 aliphatic heterocycles. The van der Waals surface area contributed by atoms with Crippen molar-refractivity contribution in [2.24, 2.45) is 5.92 Å². The van der Waals surface area contributed by atoms with Crippen molar-refractivity contribution in [1.82, 2.24) is 15.3 Å². The van der Waals surface area contributed by atoms with Crippen LogP contribution >= 0.6 is 0 Å². The maximum absolute atomic E-state index is 12.9. The number of fused-ring (bicyclic) bond motifs is 2. The van der Waals surface area contributed by atoms with Crippen LogP contribution in [0.2, 0.25) is 0 Å². The summed E-state index contributed by atoms with van der Waals surface area (Å²) < 4.78 is 0. The van der Waals surface area contributed by atoms with E-state index in [1.165, 1.54) is 6.20 Å². The fourth-order valence-corrected chi connectivity index (χ4v) is 3.31. The molecule has 0 aliphatic rings. The van der Waals surface area contributed by atoms with Gasteiger partial charge in [0.05, 0.1) is 11.3 Å². The molecule has 4 aromatic rings. The summed E-state index contributed by atoms with van der Waals surface area (Å²) in [7, 11) is 0. The van der Waals surface area contributed by atoms with Crippen molar-refractivity contribution in [2.75, 3.05) is 11.9 Å². The summed E-state index contributed by atoms with van der Waals surface area (Å²) in [5, 5.41) is 6.90. The van der Waals surface area contributed by atoms with Gasteiger partial charge in [-0.25, -0.2) is 0 Å². The van der Waals surface area contributed by atoms with E-state index < -0.39 is 5.91 Å². The molecule has 7 nitrogen and oxygen atoms in total. The molecule has 152 valence electrons. The summed E-state index contributed by atoms with van der Waals surface area (Å²) in [6, 6.07) is 12.3. The van der Waals surface area contributed by atoms with Gasteiger partial charge in [0.2, 0.25) is 5.43 Å². The molecular formula is C23H22N4O3. The van der Waals surface area contributed by atoms with E-state index in [2.05, 4.69) is 20.6 Å². The Kier molecular flexibility index (Phi) is 5.10. The average Bonchev–Trinajstić information content (AvgIpc) is 3.19. The molecule has 4 N–H and O–H groups in total. The third-order valence-electron chi connectivity index (χ3n) is 4.89. The number of hydrogen-bond donors (Lipinski definition) is 4. The Morgan fingerprint density at radius 2 is 1.77 bits per heavy atom. The van der Waals surface area contributed by atoms with Crippen LogP contribution in [0.1, 0.15) is 34.6 Å². The number of carbonyl (C=O) groups excluding carboxylic acids is 2. The normalized spacial score (nSPS) is 11.2. The summed E-state index contributed by atoms with van der Waals surface area (Å²) in [5.41, 5.74) is 1.72. The molecule has 2 aromatic carbocycles. The molecule has 2 amide bonds. The van der Waals surface area contributed by atoms with Gasteiger partial charge in [-0.3, -0.25) is 14.4 Å². The minimum atomic E-state index is -0.578. The summed E-state index contributed by atoms with van der Waals surface area (Å²) in [5.74, 6) is -0.570. The Hall–Kier alpha value is -3.87. The topological polar surface area (TPSA) is 107 Å². The van der Waals surface area contributed by atoms with Gasteiger partial charge in [-0.2, -0.15) is 0 Å². The van der Waals surface area contributed by atoms with E-state index in [9.17, 15) is 14.4 Å². The molecule has 0 bridgehead atoms. The van der Waals surface area contributed by atoms with Crippen LogP contribution in [0.25, 0.3) is 21.8 Å². The van der Waals surface area contributed by atoms with Crippen LogP contribution in [-0.2, 0) is 0 Å². The first kappa shape index (κ1) is 19.4. The first-order chi connectivity index (χ1) is 14.4. The molecule has 0 fully saturated rings. The van der Waals surface area contributed by atoms with Gasteiger partial charge in [-0.05, 0) is 36.2 Å². The minimum Gasteiger partial charge on any atom is -0.361 e. The maximum atomic E-state index is 12.9. The smallest absolute Gasteiger partial charge is 0.261 e. The lowest BCUT2D eigenvalue weighted by atomic mass is 10.1. The SMILES string of the molecule is CC(C)CNC(=O)c1cc2cc[nH]c2cc1NC(=O)c1c[nH]c2ccccc2c1=O. The quantitative estimate of drug-likeness (QED) is 0.409. The third kappa shape index (κ3) is 3.69. The Morgan fingerprint density at radius 3 is 2.57 bits per heavy atom. The zero-order valence-electron chi connectivity index (χ0n) is 16.7. The molecule has 0 spiro atoms. The summed E-state index contributed by atoms with van der Waals surface area (Å²) in [6.07, 6.45) is 3.16. The molecular weight excluding hydrogens is 380 g/mol. The first-order valence-corrected chi connectivity index (χ1v) is 9.75. The van der Waals surface area contributed by atoms with Crippen LogP contribution in [0.15, 0.2) is 59.7 Å². The first-order valence-electron chi connectivity index (χ1n) is 9.75. The van der Waals surface area contributed by atoms with E-state index in [1.54, 1.807) is 36.5 Å². The van der Waals surface area contributed by atoms with E-state index in [4.69, 9.17) is 0 Å². The summed E-state index contributed by atoms with van der Waals surface area (Å²) in [6.45, 7) is 4.52. The van der Waals surface area contributed by atoms with Crippen LogP contribution in [0.5, 0.6) is 0 Å². The lowest BCUT2D eigenvalue weighted by molar-refractivity contribution is 0.0950. The second-order valence-corrected chi connectivity index (χ2v) is 7.60. The van der Waals surface area contributed by atoms with E-state index >= 15 is 0 Å². The highest BCUT2D eigenvalue weighted by molar-refractivity contribution is 6.11. The Bertz CT molecular complexity index is 1320. The largest absolute Gasteiger partial charge is 0.361 e. The molecule has 0 unspecified atom stereocenters. The van der Waals surface area contributed by atoms with Crippen LogP contribution in [-0.4, -0.2) is 28.3 Å². The number of nitrogens with one attached hydrogen (secondary N) is 4. The molecule has 4 rings (SSSR count). The zero-order valence-corrected chi connectivity index (χ0v) is 16.7. The molecule has 2 heterocycles. The van der Waals surface area contributed by atoms with Gasteiger partial charge in [-0.15, -0.1) is 0 Å². The number of aromatic nitrogens is 2. The number of pyridine rings is 1. The predicted molar refractivity (Wildman–Crippen MR) is 118 cm³/mol. The predicted octanol–water partition coefficient (Wildman–Crippen LogP) is 3.65. The number of aromatic amines is 2. The third-order valence-corrected chi connectivity index (χ3v) is 4.89. The molecule has 2 aromatic heterocycles. The van der Waals surface area contributed by atoms with Crippen LogP contribution in [0.4, 0.5) is 5.69 Å². The molecule has 7 heteroatoms. The van der Waals surface area contributed by atoms with Crippen molar-refractivity contribution < 1.29 is 9.59 Å². The maximum Gasteiger partial charge on any atom is 0.261 e. The molecule has 0 radical (unpaired) electrons. The highest BCUT2D eigenvalue weighted by Gasteiger charge is 2.18. The monoisotopic (exact) mass is 402 g/mol. The van der Waals surface area contributed by atoms with Gasteiger partial charge >= 0.3 is 0 Å². The summed E-state index contributed by atoms with van der Waals surface area (Å²) in [4.78, 5) is 44.5. The van der Waals surface area contributed by atoms with Gasteiger partial charge < -0.3 is 20.6 Å². The number of anilines is 1. The zero-order chi connectivity index (χ0) is 21.3. The number of hydrogen-bond acceptors (Lipinski definition) is 3. The Labute approximate surface area is 172 Å². The lowest BCUT2D eigenvalue weighted by Crippen LogP contribution is -2.29. The van der Waals surface area contributed by atoms with E-state index in [1.807, 2.05) is 26.0 Å². The van der Waals surface area contributed by atoms with Gasteiger partial charge in [0.15, 0.2) is 0 Å². The molecule has 0 aliphatic carbocycles. The number of amides is 2. The van der Waals surface area contributed by atoms with Gasteiger partial charge in [-0.1, -0.05) is 26.0 Å². The Balaban J connectivity index is 1.71. The van der Waals surface area contributed by atoms with Crippen molar-refractivity contribution in [3.05, 3.63) is 76.2 Å². The van der Waals surface area contributed by atoms with E-state index in [0.717, 1.165) is 10.9 Å². The minimum absolute atomic E-state index is 0.0196. The number of benzene rings is 2. The van der Waals surface area contributed by atoms with Crippen molar-refractivity contribution in [2.45, 2.75) is 13.8 Å². The van der Waals surface area contributed by atoms with Gasteiger partial charge in [0, 0.05) is 40.7 Å². The standard InChI is InChI=1S/C23H22N4O3/c1-13(2)11-26-22(29)16-9-14-7-8-24-19(14)10-20(16)27-23(30)17-12-25-18-6-4-3-5-15(18)21(17)28/h3-10,12-13,24H,11H2,1-2H3,(H,25,28)(H,26,29)(H,27,30). The van der Waals surface area contributed by atoms with E-state index in [0.29, 0.717) is 34.6 Å². The molecule has 0 saturated carbocycles.